The number of alkyl halides is 3. The number of nitrogens with one attached hydrogen (secondary N) is 1. The number of nitrogens with zero attached hydrogens (tertiary/aromatic N) is 1. The van der Waals surface area contributed by atoms with Crippen molar-refractivity contribution in [1.29, 1.82) is 0 Å². The SMILES string of the molecule is CC/C=C\C=C(\SN1CCC(Oc2ccc(OC(F)(F)F)cc2)CC1)C1CCC1(CCCCC)C(=O)NOC1CCCCO1. The van der Waals surface area contributed by atoms with Crippen LogP contribution in [0.5, 0.6) is 11.5 Å². The molecule has 2 heterocycles. The van der Waals surface area contributed by atoms with E-state index in [0.29, 0.717) is 12.4 Å². The largest absolute Gasteiger partial charge is 0.573 e. The Labute approximate surface area is 264 Å². The van der Waals surface area contributed by atoms with Crippen LogP contribution in [-0.2, 0) is 14.4 Å². The van der Waals surface area contributed by atoms with Gasteiger partial charge in [0.15, 0.2) is 6.29 Å². The first-order valence-electron chi connectivity index (χ1n) is 16.1. The van der Waals surface area contributed by atoms with Crippen LogP contribution in [0.4, 0.5) is 13.2 Å². The van der Waals surface area contributed by atoms with E-state index >= 15 is 0 Å². The molecule has 1 N–H and O–H groups in total. The van der Waals surface area contributed by atoms with Crippen LogP contribution >= 0.6 is 11.9 Å². The van der Waals surface area contributed by atoms with Gasteiger partial charge >= 0.3 is 6.36 Å². The Morgan fingerprint density at radius 3 is 2.45 bits per heavy atom. The Morgan fingerprint density at radius 2 is 1.84 bits per heavy atom. The fourth-order valence-electron chi connectivity index (χ4n) is 6.06. The van der Waals surface area contributed by atoms with Crippen molar-refractivity contribution < 1.29 is 37.0 Å². The summed E-state index contributed by atoms with van der Waals surface area (Å²) in [7, 11) is 0. The van der Waals surface area contributed by atoms with Gasteiger partial charge in [0.25, 0.3) is 0 Å². The van der Waals surface area contributed by atoms with Crippen molar-refractivity contribution in [2.45, 2.75) is 110 Å². The van der Waals surface area contributed by atoms with Crippen molar-refractivity contribution in [2.24, 2.45) is 11.3 Å². The lowest BCUT2D eigenvalue weighted by Gasteiger charge is -2.50. The number of carbonyl (C=O) groups is 1. The summed E-state index contributed by atoms with van der Waals surface area (Å²) in [5.41, 5.74) is 2.30. The topological polar surface area (TPSA) is 69.3 Å². The standard InChI is InChI=1S/C33H47F3N2O5S/c1-3-5-7-11-29(28-17-21-32(28,20-9-6-4-2)31(39)37-43-30-12-8-10-24-40-30)44-38-22-18-26(19-23-38)41-25-13-15-27(16-14-25)42-33(34,35)36/h5,7,11,13-16,26,28,30H,3-4,6,8-10,12,17-24H2,1-2H3,(H,37,39)/b7-5-,29-11+. The number of allylic oxidation sites excluding steroid dienone is 4. The molecule has 246 valence electrons. The summed E-state index contributed by atoms with van der Waals surface area (Å²) < 4.78 is 55.4. The van der Waals surface area contributed by atoms with Crippen LogP contribution in [0.25, 0.3) is 0 Å². The maximum absolute atomic E-state index is 13.8. The van der Waals surface area contributed by atoms with E-state index < -0.39 is 11.8 Å². The molecule has 11 heteroatoms. The second-order valence-electron chi connectivity index (χ2n) is 11.8. The highest BCUT2D eigenvalue weighted by Crippen LogP contribution is 2.56. The molecule has 1 aliphatic carbocycles. The zero-order valence-corrected chi connectivity index (χ0v) is 26.7. The Bertz CT molecular complexity index is 1090. The highest BCUT2D eigenvalue weighted by atomic mass is 32.2. The van der Waals surface area contributed by atoms with Gasteiger partial charge in [0.05, 0.1) is 5.41 Å². The Morgan fingerprint density at radius 1 is 1.09 bits per heavy atom. The number of hydrogen-bond donors (Lipinski definition) is 1. The summed E-state index contributed by atoms with van der Waals surface area (Å²) in [5, 5.41) is 0. The van der Waals surface area contributed by atoms with Gasteiger partial charge in [0.1, 0.15) is 17.6 Å². The van der Waals surface area contributed by atoms with Gasteiger partial charge in [0.2, 0.25) is 5.91 Å². The molecule has 3 atom stereocenters. The second-order valence-corrected chi connectivity index (χ2v) is 13.0. The minimum atomic E-state index is -4.72. The van der Waals surface area contributed by atoms with E-state index in [2.05, 4.69) is 46.6 Å². The molecule has 0 radical (unpaired) electrons. The quantitative estimate of drug-likeness (QED) is 0.0893. The first kappa shape index (κ1) is 34.7. The third kappa shape index (κ3) is 10.2. The van der Waals surface area contributed by atoms with Crippen LogP contribution in [0.1, 0.15) is 90.9 Å². The van der Waals surface area contributed by atoms with Gasteiger partial charge in [-0.05, 0) is 87.6 Å². The molecule has 44 heavy (non-hydrogen) atoms. The van der Waals surface area contributed by atoms with Crippen LogP contribution in [0.3, 0.4) is 0 Å². The van der Waals surface area contributed by atoms with E-state index in [-0.39, 0.29) is 30.0 Å². The molecule has 2 aliphatic heterocycles. The average molecular weight is 641 g/mol. The van der Waals surface area contributed by atoms with Gasteiger partial charge in [-0.25, -0.2) is 14.6 Å². The van der Waals surface area contributed by atoms with Gasteiger partial charge < -0.3 is 14.2 Å². The normalized spacial score (nSPS) is 25.5. The van der Waals surface area contributed by atoms with Crippen molar-refractivity contribution >= 4 is 17.9 Å². The van der Waals surface area contributed by atoms with Crippen molar-refractivity contribution in [3.63, 3.8) is 0 Å². The molecule has 0 aromatic heterocycles. The van der Waals surface area contributed by atoms with Crippen LogP contribution in [0.2, 0.25) is 0 Å². The molecule has 3 fully saturated rings. The van der Waals surface area contributed by atoms with Crippen molar-refractivity contribution in [1.82, 2.24) is 9.79 Å². The number of amides is 1. The lowest BCUT2D eigenvalue weighted by atomic mass is 9.57. The number of halogens is 3. The van der Waals surface area contributed by atoms with Gasteiger partial charge in [-0.1, -0.05) is 51.3 Å². The van der Waals surface area contributed by atoms with Crippen LogP contribution in [0, 0.1) is 11.3 Å². The fraction of sp³-hybridized carbons (Fsp3) is 0.667. The van der Waals surface area contributed by atoms with Gasteiger partial charge in [0, 0.05) is 36.9 Å². The van der Waals surface area contributed by atoms with E-state index in [1.165, 1.54) is 29.2 Å². The molecular weight excluding hydrogens is 593 g/mol. The molecule has 3 unspecified atom stereocenters. The van der Waals surface area contributed by atoms with E-state index in [1.807, 2.05) is 0 Å². The minimum Gasteiger partial charge on any atom is -0.490 e. The predicted molar refractivity (Wildman–Crippen MR) is 166 cm³/mol. The third-order valence-corrected chi connectivity index (χ3v) is 9.87. The number of ether oxygens (including phenoxy) is 3. The molecular formula is C33H47F3N2O5S. The molecule has 3 aliphatic rings. The Kier molecular flexibility index (Phi) is 13.3. The summed E-state index contributed by atoms with van der Waals surface area (Å²) in [4.78, 5) is 20.7. The molecule has 4 rings (SSSR count). The second kappa shape index (κ2) is 16.9. The first-order valence-corrected chi connectivity index (χ1v) is 16.9. The summed E-state index contributed by atoms with van der Waals surface area (Å²) in [6.07, 6.45) is 12.4. The molecule has 1 aromatic rings. The van der Waals surface area contributed by atoms with Gasteiger partial charge in [-0.15, -0.1) is 13.2 Å². The van der Waals surface area contributed by atoms with E-state index in [4.69, 9.17) is 14.3 Å². The van der Waals surface area contributed by atoms with Crippen LogP contribution < -0.4 is 15.0 Å². The zero-order chi connectivity index (χ0) is 31.4. The van der Waals surface area contributed by atoms with Crippen molar-refractivity contribution in [3.05, 3.63) is 47.4 Å². The summed E-state index contributed by atoms with van der Waals surface area (Å²) in [5.74, 6) is 0.322. The molecule has 0 bridgehead atoms. The minimum absolute atomic E-state index is 0.0320. The lowest BCUT2D eigenvalue weighted by Crippen LogP contribution is -2.53. The molecule has 0 spiro atoms. The number of unbranched alkanes of at least 4 members (excludes halogenated alkanes) is 2. The highest BCUT2D eigenvalue weighted by Gasteiger charge is 2.54. The first-order chi connectivity index (χ1) is 21.2. The van der Waals surface area contributed by atoms with Crippen molar-refractivity contribution in [3.8, 4) is 11.5 Å². The number of benzene rings is 1. The fourth-order valence-corrected chi connectivity index (χ4v) is 7.37. The number of hydrogen-bond acceptors (Lipinski definition) is 7. The van der Waals surface area contributed by atoms with Gasteiger partial charge in [-0.2, -0.15) is 0 Å². The monoisotopic (exact) mass is 640 g/mol. The smallest absolute Gasteiger partial charge is 0.490 e. The van der Waals surface area contributed by atoms with Gasteiger partial charge in [-0.3, -0.25) is 4.79 Å². The Hall–Kier alpha value is -2.21. The molecule has 1 amide bonds. The van der Waals surface area contributed by atoms with Crippen molar-refractivity contribution in [2.75, 3.05) is 19.7 Å². The third-order valence-electron chi connectivity index (χ3n) is 8.62. The number of hydroxylamine groups is 1. The Balaban J connectivity index is 1.37. The lowest BCUT2D eigenvalue weighted by molar-refractivity contribution is -0.274. The van der Waals surface area contributed by atoms with E-state index in [0.717, 1.165) is 90.1 Å². The summed E-state index contributed by atoms with van der Waals surface area (Å²) in [6, 6.07) is 5.55. The molecule has 7 nitrogen and oxygen atoms in total. The molecule has 1 aromatic carbocycles. The van der Waals surface area contributed by atoms with E-state index in [9.17, 15) is 18.0 Å². The molecule has 2 saturated heterocycles. The summed E-state index contributed by atoms with van der Waals surface area (Å²) >= 11 is 1.74. The predicted octanol–water partition coefficient (Wildman–Crippen LogP) is 8.48. The number of carbonyl (C=O) groups excluding carboxylic acids is 1. The summed E-state index contributed by atoms with van der Waals surface area (Å²) in [6.45, 7) is 6.53. The highest BCUT2D eigenvalue weighted by molar-refractivity contribution is 8.00. The number of piperidine rings is 1. The maximum atomic E-state index is 13.8. The zero-order valence-electron chi connectivity index (χ0n) is 25.9. The average Bonchev–Trinajstić information content (AvgIpc) is 2.99. The van der Waals surface area contributed by atoms with Crippen LogP contribution in [0.15, 0.2) is 47.4 Å². The van der Waals surface area contributed by atoms with Crippen LogP contribution in [-0.4, -0.2) is 48.7 Å². The maximum Gasteiger partial charge on any atom is 0.573 e. The van der Waals surface area contributed by atoms with E-state index in [1.54, 1.807) is 11.9 Å². The molecule has 1 saturated carbocycles. The number of rotatable bonds is 15.